The van der Waals surface area contributed by atoms with Gasteiger partial charge in [-0.05, 0) is 12.1 Å². The molecule has 3 rings (SSSR count). The van der Waals surface area contributed by atoms with Gasteiger partial charge in [0.15, 0.2) is 0 Å². The van der Waals surface area contributed by atoms with Gasteiger partial charge in [0.1, 0.15) is 0 Å². The molecule has 2 amide bonds. The molecule has 0 bridgehead atoms. The second-order valence-corrected chi connectivity index (χ2v) is 6.83. The molecule has 1 aliphatic heterocycles. The Labute approximate surface area is 151 Å². The minimum Gasteiger partial charge on any atom is -0.349 e. The lowest BCUT2D eigenvalue weighted by Gasteiger charge is -2.27. The van der Waals surface area contributed by atoms with Gasteiger partial charge in [-0.15, -0.1) is 0 Å². The average molecular weight is 361 g/mol. The van der Waals surface area contributed by atoms with Gasteiger partial charge in [-0.1, -0.05) is 23.7 Å². The summed E-state index contributed by atoms with van der Waals surface area (Å²) >= 11 is 5.95. The van der Waals surface area contributed by atoms with Crippen molar-refractivity contribution in [3.05, 3.63) is 40.5 Å². The number of amides is 2. The molecule has 0 spiro atoms. The van der Waals surface area contributed by atoms with E-state index in [0.717, 1.165) is 28.9 Å². The Balaban J connectivity index is 1.72. The van der Waals surface area contributed by atoms with E-state index < -0.39 is 0 Å². The van der Waals surface area contributed by atoms with Gasteiger partial charge in [-0.25, -0.2) is 0 Å². The Hall–Kier alpha value is -2.34. The molecule has 7 heteroatoms. The maximum absolute atomic E-state index is 12.5. The number of fused-ring (bicyclic) bond motifs is 1. The second kappa shape index (κ2) is 7.27. The summed E-state index contributed by atoms with van der Waals surface area (Å²) < 4.78 is 0. The van der Waals surface area contributed by atoms with Gasteiger partial charge in [0.05, 0.1) is 5.69 Å². The van der Waals surface area contributed by atoms with Crippen molar-refractivity contribution < 1.29 is 9.59 Å². The van der Waals surface area contributed by atoms with E-state index in [1.807, 2.05) is 24.3 Å². The highest BCUT2D eigenvalue weighted by molar-refractivity contribution is 6.30. The van der Waals surface area contributed by atoms with Crippen LogP contribution in [0.3, 0.4) is 0 Å². The standard InChI is InChI=1S/C18H21ClN4O2/c1-22(2)16(24)7-8-17(25)23-10-9-15-14(11-23)18(21-20-15)12-3-5-13(19)6-4-12/h3-6H,7-11H2,1-2H3,(H,20,21). The van der Waals surface area contributed by atoms with Crippen LogP contribution in [0, 0.1) is 0 Å². The molecule has 0 saturated carbocycles. The summed E-state index contributed by atoms with van der Waals surface area (Å²) in [5, 5.41) is 8.18. The summed E-state index contributed by atoms with van der Waals surface area (Å²) in [6.07, 6.45) is 1.22. The average Bonchev–Trinajstić information content (AvgIpc) is 3.03. The van der Waals surface area contributed by atoms with Crippen molar-refractivity contribution in [1.82, 2.24) is 20.0 Å². The first-order chi connectivity index (χ1) is 12.0. The monoisotopic (exact) mass is 360 g/mol. The Morgan fingerprint density at radius 1 is 1.24 bits per heavy atom. The first kappa shape index (κ1) is 17.5. The lowest BCUT2D eigenvalue weighted by atomic mass is 10.0. The number of benzene rings is 1. The van der Waals surface area contributed by atoms with E-state index in [9.17, 15) is 9.59 Å². The lowest BCUT2D eigenvalue weighted by molar-refractivity contribution is -0.136. The molecule has 0 radical (unpaired) electrons. The van der Waals surface area contributed by atoms with Crippen molar-refractivity contribution in [3.8, 4) is 11.3 Å². The zero-order valence-electron chi connectivity index (χ0n) is 14.4. The Kier molecular flexibility index (Phi) is 5.08. The van der Waals surface area contributed by atoms with Crippen molar-refractivity contribution in [2.75, 3.05) is 20.6 Å². The number of nitrogens with one attached hydrogen (secondary N) is 1. The van der Waals surface area contributed by atoms with Crippen LogP contribution in [0.1, 0.15) is 24.1 Å². The van der Waals surface area contributed by atoms with Gasteiger partial charge >= 0.3 is 0 Å². The SMILES string of the molecule is CN(C)C(=O)CCC(=O)N1CCc2[nH]nc(-c3ccc(Cl)cc3)c2C1. The predicted molar refractivity (Wildman–Crippen MR) is 96.1 cm³/mol. The number of H-pyrrole nitrogens is 1. The predicted octanol–water partition coefficient (Wildman–Crippen LogP) is 2.48. The van der Waals surface area contributed by atoms with E-state index in [1.54, 1.807) is 19.0 Å². The molecule has 25 heavy (non-hydrogen) atoms. The summed E-state index contributed by atoms with van der Waals surface area (Å²) in [6.45, 7) is 1.16. The largest absolute Gasteiger partial charge is 0.349 e. The van der Waals surface area contributed by atoms with E-state index in [2.05, 4.69) is 10.2 Å². The van der Waals surface area contributed by atoms with Gasteiger partial charge in [0.25, 0.3) is 0 Å². The van der Waals surface area contributed by atoms with Crippen LogP contribution in [0.4, 0.5) is 0 Å². The summed E-state index contributed by atoms with van der Waals surface area (Å²) in [7, 11) is 3.40. The van der Waals surface area contributed by atoms with Crippen molar-refractivity contribution in [1.29, 1.82) is 0 Å². The van der Waals surface area contributed by atoms with E-state index in [1.165, 1.54) is 4.90 Å². The van der Waals surface area contributed by atoms with Crippen LogP contribution in [-0.4, -0.2) is 52.5 Å². The number of aromatic nitrogens is 2. The topological polar surface area (TPSA) is 69.3 Å². The van der Waals surface area contributed by atoms with Crippen LogP contribution in [0.25, 0.3) is 11.3 Å². The third-order valence-electron chi connectivity index (χ3n) is 4.46. The van der Waals surface area contributed by atoms with Gasteiger partial charge in [-0.3, -0.25) is 14.7 Å². The molecule has 0 fully saturated rings. The number of carbonyl (C=O) groups excluding carboxylic acids is 2. The fourth-order valence-corrected chi connectivity index (χ4v) is 3.08. The molecule has 2 heterocycles. The Morgan fingerprint density at radius 3 is 2.64 bits per heavy atom. The van der Waals surface area contributed by atoms with Gasteiger partial charge in [0, 0.05) is 68.3 Å². The second-order valence-electron chi connectivity index (χ2n) is 6.39. The molecule has 0 saturated heterocycles. The number of hydrogen-bond acceptors (Lipinski definition) is 3. The van der Waals surface area contributed by atoms with Gasteiger partial charge < -0.3 is 9.80 Å². The minimum absolute atomic E-state index is 0.00380. The van der Waals surface area contributed by atoms with Crippen molar-refractivity contribution in [2.45, 2.75) is 25.8 Å². The normalized spacial score (nSPS) is 13.5. The lowest BCUT2D eigenvalue weighted by Crippen LogP contribution is -2.36. The Bertz CT molecular complexity index is 783. The zero-order valence-corrected chi connectivity index (χ0v) is 15.1. The molecule has 0 aliphatic carbocycles. The maximum Gasteiger partial charge on any atom is 0.223 e. The van der Waals surface area contributed by atoms with Crippen LogP contribution < -0.4 is 0 Å². The smallest absolute Gasteiger partial charge is 0.223 e. The van der Waals surface area contributed by atoms with Crippen LogP contribution in [0.2, 0.25) is 5.02 Å². The molecule has 0 unspecified atom stereocenters. The first-order valence-electron chi connectivity index (χ1n) is 8.25. The molecular weight excluding hydrogens is 340 g/mol. The van der Waals surface area contributed by atoms with Gasteiger partial charge in [-0.2, -0.15) is 5.10 Å². The third-order valence-corrected chi connectivity index (χ3v) is 4.71. The van der Waals surface area contributed by atoms with E-state index in [4.69, 9.17) is 11.6 Å². The van der Waals surface area contributed by atoms with Crippen molar-refractivity contribution in [2.24, 2.45) is 0 Å². The molecule has 1 aliphatic rings. The molecule has 1 aromatic heterocycles. The quantitative estimate of drug-likeness (QED) is 0.910. The highest BCUT2D eigenvalue weighted by Gasteiger charge is 2.26. The summed E-state index contributed by atoms with van der Waals surface area (Å²) in [5.74, 6) is -0.0275. The molecule has 1 aromatic carbocycles. The minimum atomic E-state index is -0.0313. The van der Waals surface area contributed by atoms with Crippen LogP contribution >= 0.6 is 11.6 Å². The van der Waals surface area contributed by atoms with Gasteiger partial charge in [0.2, 0.25) is 11.8 Å². The number of rotatable bonds is 4. The number of halogens is 1. The summed E-state index contributed by atoms with van der Waals surface area (Å²) in [6, 6.07) is 7.51. The number of hydrogen-bond donors (Lipinski definition) is 1. The fraction of sp³-hybridized carbons (Fsp3) is 0.389. The number of aromatic amines is 1. The fourth-order valence-electron chi connectivity index (χ4n) is 2.95. The molecule has 132 valence electrons. The third kappa shape index (κ3) is 3.85. The molecule has 0 atom stereocenters. The van der Waals surface area contributed by atoms with E-state index in [-0.39, 0.29) is 24.7 Å². The van der Waals surface area contributed by atoms with E-state index in [0.29, 0.717) is 18.1 Å². The molecule has 6 nitrogen and oxygen atoms in total. The van der Waals surface area contributed by atoms with Crippen LogP contribution in [0.15, 0.2) is 24.3 Å². The molecular formula is C18H21ClN4O2. The van der Waals surface area contributed by atoms with Crippen molar-refractivity contribution in [3.63, 3.8) is 0 Å². The van der Waals surface area contributed by atoms with Crippen molar-refractivity contribution >= 4 is 23.4 Å². The highest BCUT2D eigenvalue weighted by atomic mass is 35.5. The maximum atomic E-state index is 12.5. The molecule has 1 N–H and O–H groups in total. The summed E-state index contributed by atoms with van der Waals surface area (Å²) in [5.41, 5.74) is 3.94. The van der Waals surface area contributed by atoms with Crippen LogP contribution in [-0.2, 0) is 22.6 Å². The number of carbonyl (C=O) groups is 2. The highest BCUT2D eigenvalue weighted by Crippen LogP contribution is 2.29. The first-order valence-corrected chi connectivity index (χ1v) is 8.63. The number of nitrogens with zero attached hydrogens (tertiary/aromatic N) is 3. The van der Waals surface area contributed by atoms with E-state index >= 15 is 0 Å². The Morgan fingerprint density at radius 2 is 1.96 bits per heavy atom. The zero-order chi connectivity index (χ0) is 18.0. The molecule has 2 aromatic rings. The summed E-state index contributed by atoms with van der Waals surface area (Å²) in [4.78, 5) is 27.5. The van der Waals surface area contributed by atoms with Crippen LogP contribution in [0.5, 0.6) is 0 Å².